The first-order valence-corrected chi connectivity index (χ1v) is 5.10. The van der Waals surface area contributed by atoms with E-state index in [4.69, 9.17) is 5.11 Å². The zero-order valence-electron chi connectivity index (χ0n) is 8.11. The molecule has 0 radical (unpaired) electrons. The Kier molecular flexibility index (Phi) is 4.53. The van der Waals surface area contributed by atoms with Gasteiger partial charge in [0.25, 0.3) is 5.91 Å². The number of carbonyl (C=O) groups is 2. The third-order valence-electron chi connectivity index (χ3n) is 1.55. The predicted molar refractivity (Wildman–Crippen MR) is 62.7 cm³/mol. The molecule has 0 saturated carbocycles. The van der Waals surface area contributed by atoms with Crippen molar-refractivity contribution in [3.63, 3.8) is 0 Å². The van der Waals surface area contributed by atoms with Gasteiger partial charge in [-0.25, -0.2) is 4.79 Å². The van der Waals surface area contributed by atoms with E-state index in [0.717, 1.165) is 16.6 Å². The quantitative estimate of drug-likeness (QED) is 0.579. The maximum Gasteiger partial charge on any atom is 0.328 e. The molecule has 1 rings (SSSR count). The topological polar surface area (TPSA) is 78.4 Å². The summed E-state index contributed by atoms with van der Waals surface area (Å²) in [5, 5.41) is 8.29. The zero-order valence-corrected chi connectivity index (χ0v) is 9.69. The molecular formula is C10H9BrN2O3. The highest BCUT2D eigenvalue weighted by atomic mass is 79.9. The van der Waals surface area contributed by atoms with Crippen LogP contribution in [0.15, 0.2) is 40.9 Å². The van der Waals surface area contributed by atoms with E-state index in [1.165, 1.54) is 0 Å². The van der Waals surface area contributed by atoms with Gasteiger partial charge in [0.15, 0.2) is 0 Å². The van der Waals surface area contributed by atoms with E-state index < -0.39 is 11.9 Å². The number of hydrogen-bond acceptors (Lipinski definition) is 3. The molecule has 1 aromatic rings. The van der Waals surface area contributed by atoms with Gasteiger partial charge in [0.05, 0.1) is 5.69 Å². The molecule has 3 N–H and O–H groups in total. The Morgan fingerprint density at radius 1 is 1.19 bits per heavy atom. The minimum Gasteiger partial charge on any atom is -0.478 e. The molecular weight excluding hydrogens is 276 g/mol. The summed E-state index contributed by atoms with van der Waals surface area (Å²) in [5.41, 5.74) is 5.64. The number of rotatable bonds is 4. The summed E-state index contributed by atoms with van der Waals surface area (Å²) in [6.07, 6.45) is 1.69. The lowest BCUT2D eigenvalue weighted by Gasteiger charge is -2.05. The van der Waals surface area contributed by atoms with Crippen LogP contribution in [0.2, 0.25) is 0 Å². The second-order valence-electron chi connectivity index (χ2n) is 2.79. The zero-order chi connectivity index (χ0) is 12.0. The van der Waals surface area contributed by atoms with Gasteiger partial charge in [-0.2, -0.15) is 0 Å². The number of amides is 1. The molecule has 1 aromatic carbocycles. The summed E-state index contributed by atoms with van der Waals surface area (Å²) in [6.45, 7) is 0. The second kappa shape index (κ2) is 5.92. The van der Waals surface area contributed by atoms with E-state index in [1.807, 2.05) is 12.1 Å². The molecule has 0 heterocycles. The molecule has 1 amide bonds. The fourth-order valence-corrected chi connectivity index (χ4v) is 1.12. The standard InChI is InChI=1S/C10H9BrN2O3/c11-7-1-3-8(4-2-7)12-13-9(14)5-6-10(15)16/h1-6,12H,(H,13,14)(H,15,16). The molecule has 0 saturated heterocycles. The molecule has 5 nitrogen and oxygen atoms in total. The van der Waals surface area contributed by atoms with Gasteiger partial charge in [0.1, 0.15) is 0 Å². The van der Waals surface area contributed by atoms with Gasteiger partial charge in [-0.3, -0.25) is 15.6 Å². The fraction of sp³-hybridized carbons (Fsp3) is 0. The van der Waals surface area contributed by atoms with Crippen molar-refractivity contribution < 1.29 is 14.7 Å². The molecule has 0 aliphatic rings. The highest BCUT2D eigenvalue weighted by Gasteiger charge is 1.96. The molecule has 0 unspecified atom stereocenters. The molecule has 0 aromatic heterocycles. The Labute approximate surface area is 100 Å². The van der Waals surface area contributed by atoms with Crippen LogP contribution in [0.1, 0.15) is 0 Å². The van der Waals surface area contributed by atoms with E-state index in [-0.39, 0.29) is 0 Å². The lowest BCUT2D eigenvalue weighted by atomic mass is 10.3. The van der Waals surface area contributed by atoms with Crippen LogP contribution in [0.5, 0.6) is 0 Å². The van der Waals surface area contributed by atoms with Gasteiger partial charge < -0.3 is 5.11 Å². The van der Waals surface area contributed by atoms with E-state index in [0.29, 0.717) is 5.69 Å². The minimum atomic E-state index is -1.17. The smallest absolute Gasteiger partial charge is 0.328 e. The van der Waals surface area contributed by atoms with Crippen molar-refractivity contribution in [2.24, 2.45) is 0 Å². The van der Waals surface area contributed by atoms with Crippen molar-refractivity contribution >= 4 is 33.5 Å². The Hall–Kier alpha value is -1.82. The van der Waals surface area contributed by atoms with Crippen LogP contribution in [0, 0.1) is 0 Å². The number of benzene rings is 1. The van der Waals surface area contributed by atoms with E-state index >= 15 is 0 Å². The molecule has 0 spiro atoms. The first-order chi connectivity index (χ1) is 7.58. The van der Waals surface area contributed by atoms with E-state index in [9.17, 15) is 9.59 Å². The van der Waals surface area contributed by atoms with Gasteiger partial charge in [-0.05, 0) is 24.3 Å². The summed E-state index contributed by atoms with van der Waals surface area (Å²) in [7, 11) is 0. The molecule has 84 valence electrons. The summed E-state index contributed by atoms with van der Waals surface area (Å²) in [6, 6.07) is 7.12. The first kappa shape index (κ1) is 12.3. The second-order valence-corrected chi connectivity index (χ2v) is 3.71. The highest BCUT2D eigenvalue weighted by Crippen LogP contribution is 2.12. The summed E-state index contributed by atoms with van der Waals surface area (Å²) in [4.78, 5) is 21.2. The van der Waals surface area contributed by atoms with Gasteiger partial charge in [0.2, 0.25) is 0 Å². The van der Waals surface area contributed by atoms with Gasteiger partial charge in [-0.1, -0.05) is 15.9 Å². The first-order valence-electron chi connectivity index (χ1n) is 4.30. The Balaban J connectivity index is 2.43. The van der Waals surface area contributed by atoms with Crippen molar-refractivity contribution in [3.05, 3.63) is 40.9 Å². The predicted octanol–water partition coefficient (Wildman–Crippen LogP) is 1.53. The lowest BCUT2D eigenvalue weighted by molar-refractivity contribution is -0.131. The molecule has 0 aliphatic carbocycles. The number of aliphatic carboxylic acids is 1. The Morgan fingerprint density at radius 3 is 2.38 bits per heavy atom. The van der Waals surface area contributed by atoms with Crippen molar-refractivity contribution in [2.45, 2.75) is 0 Å². The number of hydrogen-bond donors (Lipinski definition) is 3. The van der Waals surface area contributed by atoms with Crippen LogP contribution in [0.25, 0.3) is 0 Å². The number of carboxylic acid groups (broad SMARTS) is 1. The molecule has 0 fully saturated rings. The van der Waals surface area contributed by atoms with Crippen molar-refractivity contribution in [2.75, 3.05) is 5.43 Å². The minimum absolute atomic E-state index is 0.537. The summed E-state index contributed by atoms with van der Waals surface area (Å²) >= 11 is 3.27. The highest BCUT2D eigenvalue weighted by molar-refractivity contribution is 9.10. The van der Waals surface area contributed by atoms with E-state index in [1.54, 1.807) is 12.1 Å². The summed E-state index contributed by atoms with van der Waals surface area (Å²) < 4.78 is 0.926. The van der Waals surface area contributed by atoms with Crippen LogP contribution in [-0.4, -0.2) is 17.0 Å². The van der Waals surface area contributed by atoms with Crippen molar-refractivity contribution in [1.82, 2.24) is 5.43 Å². The van der Waals surface area contributed by atoms with Gasteiger partial charge >= 0.3 is 5.97 Å². The largest absolute Gasteiger partial charge is 0.478 e. The third kappa shape index (κ3) is 4.61. The van der Waals surface area contributed by atoms with Crippen LogP contribution < -0.4 is 10.9 Å². The molecule has 16 heavy (non-hydrogen) atoms. The van der Waals surface area contributed by atoms with Crippen LogP contribution >= 0.6 is 15.9 Å². The number of anilines is 1. The Bertz CT molecular complexity index is 415. The normalized spacial score (nSPS) is 10.1. The number of carbonyl (C=O) groups excluding carboxylic acids is 1. The molecule has 0 atom stereocenters. The molecule has 0 aliphatic heterocycles. The molecule has 0 bridgehead atoms. The third-order valence-corrected chi connectivity index (χ3v) is 2.08. The monoisotopic (exact) mass is 284 g/mol. The maximum absolute atomic E-state index is 11.1. The van der Waals surface area contributed by atoms with Crippen LogP contribution in [-0.2, 0) is 9.59 Å². The lowest BCUT2D eigenvalue weighted by Crippen LogP contribution is -2.27. The maximum atomic E-state index is 11.1. The van der Waals surface area contributed by atoms with E-state index in [2.05, 4.69) is 26.8 Å². The molecule has 6 heteroatoms. The Morgan fingerprint density at radius 2 is 1.81 bits per heavy atom. The van der Waals surface area contributed by atoms with Crippen molar-refractivity contribution in [3.8, 4) is 0 Å². The number of hydrazine groups is 1. The van der Waals surface area contributed by atoms with Crippen LogP contribution in [0.4, 0.5) is 5.69 Å². The average Bonchev–Trinajstić information content (AvgIpc) is 2.25. The number of carboxylic acids is 1. The summed E-state index contributed by atoms with van der Waals surface area (Å²) in [5.74, 6) is -1.70. The average molecular weight is 285 g/mol. The van der Waals surface area contributed by atoms with Gasteiger partial charge in [0, 0.05) is 16.6 Å². The fourth-order valence-electron chi connectivity index (χ4n) is 0.856. The van der Waals surface area contributed by atoms with Crippen LogP contribution in [0.3, 0.4) is 0 Å². The van der Waals surface area contributed by atoms with Crippen molar-refractivity contribution in [1.29, 1.82) is 0 Å². The number of halogens is 1. The van der Waals surface area contributed by atoms with Gasteiger partial charge in [-0.15, -0.1) is 0 Å². The SMILES string of the molecule is O=C(O)C=CC(=O)NNc1ccc(Br)cc1. The number of nitrogens with one attached hydrogen (secondary N) is 2.